The largest absolute Gasteiger partial charge is 0.303 e. The summed E-state index contributed by atoms with van der Waals surface area (Å²) >= 11 is 6.99. The summed E-state index contributed by atoms with van der Waals surface area (Å²) in [6.45, 7) is 0. The van der Waals surface area contributed by atoms with Gasteiger partial charge in [0.25, 0.3) is 5.91 Å². The number of amides is 1. The summed E-state index contributed by atoms with van der Waals surface area (Å²) in [4.78, 5) is 12.2. The van der Waals surface area contributed by atoms with Crippen molar-refractivity contribution < 1.29 is 13.2 Å². The summed E-state index contributed by atoms with van der Waals surface area (Å²) in [5, 5.41) is 0. The van der Waals surface area contributed by atoms with Crippen LogP contribution >= 0.6 is 31.9 Å². The fourth-order valence-corrected chi connectivity index (χ4v) is 9.30. The van der Waals surface area contributed by atoms with Gasteiger partial charge in [-0.1, -0.05) is 113 Å². The van der Waals surface area contributed by atoms with Gasteiger partial charge >= 0.3 is 10.2 Å². The van der Waals surface area contributed by atoms with Crippen LogP contribution in [0.2, 0.25) is 0 Å². The third kappa shape index (κ3) is 8.98. The highest BCUT2D eigenvalue weighted by atomic mass is 79.9. The number of carbonyl (C=O) groups is 1. The van der Waals surface area contributed by atoms with Crippen LogP contribution in [-0.4, -0.2) is 32.7 Å². The maximum Gasteiger partial charge on any atom is 0.303 e. The van der Waals surface area contributed by atoms with E-state index in [1.165, 1.54) is 121 Å². The Balaban J connectivity index is 0.000000142. The molecule has 1 amide bonds. The zero-order valence-electron chi connectivity index (χ0n) is 29.2. The predicted molar refractivity (Wildman–Crippen MR) is 214 cm³/mol. The number of hydrogen-bond acceptors (Lipinski definition) is 3. The van der Waals surface area contributed by atoms with Crippen LogP contribution in [0.15, 0.2) is 81.8 Å². The Bertz CT molecular complexity index is 1920. The van der Waals surface area contributed by atoms with Gasteiger partial charge in [-0.15, -0.1) is 0 Å². The third-order valence-corrected chi connectivity index (χ3v) is 13.1. The first kappa shape index (κ1) is 37.0. The van der Waals surface area contributed by atoms with Crippen LogP contribution in [0.3, 0.4) is 0 Å². The number of benzene rings is 3. The molecule has 5 nitrogen and oxygen atoms in total. The lowest BCUT2D eigenvalue weighted by atomic mass is 9.81. The van der Waals surface area contributed by atoms with Gasteiger partial charge in [-0.25, -0.2) is 4.72 Å². The number of rotatable bonds is 5. The second-order valence-corrected chi connectivity index (χ2v) is 18.0. The van der Waals surface area contributed by atoms with E-state index in [4.69, 9.17) is 0 Å². The fraction of sp³-hybridized carbons (Fsp3) is 0.405. The van der Waals surface area contributed by atoms with Gasteiger partial charge < -0.3 is 0 Å². The number of halogens is 2. The lowest BCUT2D eigenvalue weighted by Gasteiger charge is -2.23. The van der Waals surface area contributed by atoms with Crippen molar-refractivity contribution in [3.8, 4) is 0 Å². The molecule has 2 fully saturated rings. The molecule has 0 radical (unpaired) electrons. The van der Waals surface area contributed by atoms with E-state index in [1.54, 1.807) is 11.6 Å². The summed E-state index contributed by atoms with van der Waals surface area (Å²) in [5.41, 5.74) is 11.6. The molecule has 0 aliphatic heterocycles. The monoisotopic (exact) mass is 818 g/mol. The molecule has 0 saturated heterocycles. The Morgan fingerprint density at radius 1 is 0.680 bits per heavy atom. The first-order chi connectivity index (χ1) is 24.1. The maximum atomic E-state index is 12.2. The third-order valence-electron chi connectivity index (χ3n) is 10.7. The van der Waals surface area contributed by atoms with Gasteiger partial charge in [-0.3, -0.25) is 4.79 Å². The molecule has 0 spiro atoms. The minimum absolute atomic E-state index is 0.387. The van der Waals surface area contributed by atoms with Gasteiger partial charge in [-0.2, -0.15) is 12.7 Å². The van der Waals surface area contributed by atoms with Gasteiger partial charge in [0.1, 0.15) is 0 Å². The summed E-state index contributed by atoms with van der Waals surface area (Å²) < 4.78 is 29.0. The molecule has 0 bridgehead atoms. The first-order valence-electron chi connectivity index (χ1n) is 18.1. The Morgan fingerprint density at radius 3 is 1.78 bits per heavy atom. The molecule has 0 atom stereocenters. The Labute approximate surface area is 315 Å². The van der Waals surface area contributed by atoms with Crippen molar-refractivity contribution in [1.82, 2.24) is 9.03 Å². The van der Waals surface area contributed by atoms with Crippen LogP contribution in [0.25, 0.3) is 17.2 Å². The average Bonchev–Trinajstić information content (AvgIpc) is 3.87. The lowest BCUT2D eigenvalue weighted by molar-refractivity contribution is 0.0979. The molecule has 1 N–H and O–H groups in total. The van der Waals surface area contributed by atoms with E-state index in [9.17, 15) is 13.2 Å². The van der Waals surface area contributed by atoms with E-state index in [0.29, 0.717) is 11.5 Å². The van der Waals surface area contributed by atoms with Crippen LogP contribution in [0.4, 0.5) is 0 Å². The summed E-state index contributed by atoms with van der Waals surface area (Å²) in [6.07, 6.45) is 25.7. The van der Waals surface area contributed by atoms with E-state index in [-0.39, 0.29) is 0 Å². The SMILES string of the molecule is Brc1ccc2c(c1)CC=C2.Brc1ccc2c(c1)CC=C2C1CCCCC1.CN(C)S(=O)(=O)NC(=O)c1ccc2c(c1)CC=C2C1CCCCC1. The average molecular weight is 821 g/mol. The smallest absolute Gasteiger partial charge is 0.268 e. The molecule has 0 heterocycles. The van der Waals surface area contributed by atoms with Gasteiger partial charge in [-0.05, 0) is 138 Å². The van der Waals surface area contributed by atoms with Crippen molar-refractivity contribution in [3.05, 3.63) is 121 Å². The van der Waals surface area contributed by atoms with Crippen LogP contribution in [0.5, 0.6) is 0 Å². The lowest BCUT2D eigenvalue weighted by Crippen LogP contribution is -2.39. The second kappa shape index (κ2) is 16.7. The minimum Gasteiger partial charge on any atom is -0.268 e. The Morgan fingerprint density at radius 2 is 1.20 bits per heavy atom. The van der Waals surface area contributed by atoms with Crippen LogP contribution < -0.4 is 4.72 Å². The molecule has 8 rings (SSSR count). The highest BCUT2D eigenvalue weighted by Crippen LogP contribution is 2.42. The van der Waals surface area contributed by atoms with E-state index < -0.39 is 16.1 Å². The highest BCUT2D eigenvalue weighted by Gasteiger charge is 2.26. The molecule has 5 aliphatic rings. The first-order valence-corrected chi connectivity index (χ1v) is 21.1. The molecule has 264 valence electrons. The van der Waals surface area contributed by atoms with Gasteiger partial charge in [0.05, 0.1) is 0 Å². The van der Waals surface area contributed by atoms with Crippen LogP contribution in [0.1, 0.15) is 108 Å². The van der Waals surface area contributed by atoms with E-state index in [2.05, 4.69) is 97.3 Å². The molecular weight excluding hydrogens is 772 g/mol. The van der Waals surface area contributed by atoms with E-state index >= 15 is 0 Å². The fourth-order valence-electron chi connectivity index (χ4n) is 7.95. The number of nitrogens with one attached hydrogen (secondary N) is 1. The van der Waals surface area contributed by atoms with Gasteiger partial charge in [0.15, 0.2) is 0 Å². The van der Waals surface area contributed by atoms with Crippen molar-refractivity contribution in [2.24, 2.45) is 11.8 Å². The molecule has 50 heavy (non-hydrogen) atoms. The number of fused-ring (bicyclic) bond motifs is 3. The quantitative estimate of drug-likeness (QED) is 0.279. The second-order valence-electron chi connectivity index (χ2n) is 14.2. The molecule has 8 heteroatoms. The highest BCUT2D eigenvalue weighted by molar-refractivity contribution is 9.10. The van der Waals surface area contributed by atoms with Crippen molar-refractivity contribution in [2.45, 2.75) is 83.5 Å². The molecule has 0 aromatic heterocycles. The van der Waals surface area contributed by atoms with Crippen molar-refractivity contribution in [2.75, 3.05) is 14.1 Å². The molecule has 5 aliphatic carbocycles. The molecular formula is C42H48Br2N2O3S. The Hall–Kier alpha value is -2.78. The van der Waals surface area contributed by atoms with Crippen molar-refractivity contribution >= 4 is 65.2 Å². The van der Waals surface area contributed by atoms with Crippen LogP contribution in [0, 0.1) is 11.8 Å². The maximum absolute atomic E-state index is 12.2. The predicted octanol–water partition coefficient (Wildman–Crippen LogP) is 10.7. The topological polar surface area (TPSA) is 66.5 Å². The van der Waals surface area contributed by atoms with Crippen molar-refractivity contribution in [3.63, 3.8) is 0 Å². The van der Waals surface area contributed by atoms with Gasteiger partial charge in [0, 0.05) is 28.6 Å². The van der Waals surface area contributed by atoms with E-state index in [1.807, 2.05) is 12.1 Å². The Kier molecular flexibility index (Phi) is 12.4. The standard InChI is InChI=1S/C18H24N2O3S.C15H17Br.C9H7Br/c1-20(2)24(22,23)19-18(21)15-9-11-17-14(12-15)8-10-16(17)13-6-4-3-5-7-13;16-13-7-9-15-12(10-13)6-8-14(15)11-4-2-1-3-5-11;10-9-5-4-7-2-1-3-8(7)6-9/h9-13H,3-8H2,1-2H3,(H,19,21);7-11H,1-6H2;1-2,4-6H,3H2. The molecule has 0 unspecified atom stereocenters. The number of hydrogen-bond donors (Lipinski definition) is 1. The number of allylic oxidation sites excluding steroid dienone is 5. The molecule has 2 saturated carbocycles. The molecule has 3 aromatic rings. The zero-order valence-corrected chi connectivity index (χ0v) is 33.2. The number of nitrogens with zero attached hydrogens (tertiary/aromatic N) is 1. The number of carbonyl (C=O) groups excluding carboxylic acids is 1. The zero-order chi connectivity index (χ0) is 35.3. The minimum atomic E-state index is -3.77. The van der Waals surface area contributed by atoms with Crippen LogP contribution in [-0.2, 0) is 29.5 Å². The summed E-state index contributed by atoms with van der Waals surface area (Å²) in [5.74, 6) is 0.891. The van der Waals surface area contributed by atoms with Crippen molar-refractivity contribution in [1.29, 1.82) is 0 Å². The normalized spacial score (nSPS) is 18.2. The van der Waals surface area contributed by atoms with Gasteiger partial charge in [0.2, 0.25) is 0 Å². The van der Waals surface area contributed by atoms with E-state index in [0.717, 1.165) is 35.0 Å². The summed E-state index contributed by atoms with van der Waals surface area (Å²) in [7, 11) is -0.992. The summed E-state index contributed by atoms with van der Waals surface area (Å²) in [6, 6.07) is 18.7. The molecule has 3 aromatic carbocycles.